The minimum absolute atomic E-state index is 0.0311. The van der Waals surface area contributed by atoms with Crippen LogP contribution >= 0.6 is 0 Å². The molecule has 0 saturated carbocycles. The summed E-state index contributed by atoms with van der Waals surface area (Å²) < 4.78 is 5.12. The average molecular weight is 309 g/mol. The summed E-state index contributed by atoms with van der Waals surface area (Å²) in [5, 5.41) is 3.04. The molecule has 0 aromatic heterocycles. The standard InChI is InChI=1S/C20H23NO2/c1-4-19(17-10-5-15(2)6-11-17)21-20(22)14-9-16-7-12-18(23-3)13-8-16/h5-14,19H,4H2,1-3H3,(H,21,22)/b14-9+/t19-/m0/s1. The third kappa shape index (κ3) is 4.99. The third-order valence-electron chi connectivity index (χ3n) is 3.75. The molecule has 0 bridgehead atoms. The first-order valence-corrected chi connectivity index (χ1v) is 7.81. The number of carbonyl (C=O) groups excluding carboxylic acids is 1. The van der Waals surface area contributed by atoms with Crippen LogP contribution in [0, 0.1) is 6.92 Å². The fourth-order valence-corrected chi connectivity index (χ4v) is 2.33. The lowest BCUT2D eigenvalue weighted by atomic mass is 10.0. The molecule has 0 aliphatic carbocycles. The Morgan fingerprint density at radius 2 is 1.78 bits per heavy atom. The van der Waals surface area contributed by atoms with Crippen LogP contribution in [0.15, 0.2) is 54.6 Å². The Morgan fingerprint density at radius 1 is 1.13 bits per heavy atom. The van der Waals surface area contributed by atoms with Crippen molar-refractivity contribution in [1.82, 2.24) is 5.32 Å². The summed E-state index contributed by atoms with van der Waals surface area (Å²) in [7, 11) is 1.63. The maximum Gasteiger partial charge on any atom is 0.244 e. The summed E-state index contributed by atoms with van der Waals surface area (Å²) in [6.07, 6.45) is 4.22. The van der Waals surface area contributed by atoms with Gasteiger partial charge < -0.3 is 10.1 Å². The number of nitrogens with one attached hydrogen (secondary N) is 1. The van der Waals surface area contributed by atoms with Gasteiger partial charge in [0.2, 0.25) is 5.91 Å². The number of hydrogen-bond acceptors (Lipinski definition) is 2. The van der Waals surface area contributed by atoms with Crippen LogP contribution in [-0.2, 0) is 4.79 Å². The van der Waals surface area contributed by atoms with Crippen LogP contribution < -0.4 is 10.1 Å². The molecule has 2 aromatic rings. The molecular weight excluding hydrogens is 286 g/mol. The van der Waals surface area contributed by atoms with Crippen LogP contribution in [-0.4, -0.2) is 13.0 Å². The molecule has 0 aliphatic heterocycles. The Labute approximate surface area is 138 Å². The first-order chi connectivity index (χ1) is 11.1. The van der Waals surface area contributed by atoms with Crippen LogP contribution in [0.4, 0.5) is 0 Å². The van der Waals surface area contributed by atoms with Crippen LogP contribution in [0.5, 0.6) is 5.75 Å². The third-order valence-corrected chi connectivity index (χ3v) is 3.75. The lowest BCUT2D eigenvalue weighted by Crippen LogP contribution is -2.26. The lowest BCUT2D eigenvalue weighted by molar-refractivity contribution is -0.117. The number of benzene rings is 2. The van der Waals surface area contributed by atoms with Crippen LogP contribution in [0.25, 0.3) is 6.08 Å². The minimum Gasteiger partial charge on any atom is -0.497 e. The molecule has 3 nitrogen and oxygen atoms in total. The molecule has 0 unspecified atom stereocenters. The van der Waals surface area contributed by atoms with Gasteiger partial charge in [-0.3, -0.25) is 4.79 Å². The van der Waals surface area contributed by atoms with Crippen molar-refractivity contribution in [2.75, 3.05) is 7.11 Å². The number of aryl methyl sites for hydroxylation is 1. The Hall–Kier alpha value is -2.55. The van der Waals surface area contributed by atoms with Crippen molar-refractivity contribution in [2.45, 2.75) is 26.3 Å². The van der Waals surface area contributed by atoms with Crippen molar-refractivity contribution in [1.29, 1.82) is 0 Å². The van der Waals surface area contributed by atoms with Gasteiger partial charge in [0.05, 0.1) is 13.2 Å². The molecule has 3 heteroatoms. The maximum atomic E-state index is 12.1. The van der Waals surface area contributed by atoms with E-state index in [4.69, 9.17) is 4.74 Å². The highest BCUT2D eigenvalue weighted by atomic mass is 16.5. The predicted octanol–water partition coefficient (Wildman–Crippen LogP) is 4.28. The van der Waals surface area contributed by atoms with Gasteiger partial charge >= 0.3 is 0 Å². The summed E-state index contributed by atoms with van der Waals surface area (Å²) in [5.74, 6) is 0.713. The van der Waals surface area contributed by atoms with Gasteiger partial charge in [0.25, 0.3) is 0 Å². The van der Waals surface area contributed by atoms with E-state index >= 15 is 0 Å². The molecule has 120 valence electrons. The van der Waals surface area contributed by atoms with E-state index in [0.717, 1.165) is 23.3 Å². The van der Waals surface area contributed by atoms with E-state index in [-0.39, 0.29) is 11.9 Å². The van der Waals surface area contributed by atoms with Gasteiger partial charge in [-0.05, 0) is 42.7 Å². The normalized spacial score (nSPS) is 12.1. The summed E-state index contributed by atoms with van der Waals surface area (Å²) in [6, 6.07) is 15.9. The van der Waals surface area contributed by atoms with E-state index in [2.05, 4.69) is 43.4 Å². The van der Waals surface area contributed by atoms with Crippen molar-refractivity contribution in [3.63, 3.8) is 0 Å². The zero-order chi connectivity index (χ0) is 16.7. The summed E-state index contributed by atoms with van der Waals surface area (Å²) in [4.78, 5) is 12.1. The molecule has 0 saturated heterocycles. The molecule has 0 fully saturated rings. The van der Waals surface area contributed by atoms with Crippen LogP contribution in [0.1, 0.15) is 36.1 Å². The van der Waals surface area contributed by atoms with Gasteiger partial charge in [0.1, 0.15) is 5.75 Å². The smallest absolute Gasteiger partial charge is 0.244 e. The second-order valence-electron chi connectivity index (χ2n) is 5.49. The number of rotatable bonds is 6. The van der Waals surface area contributed by atoms with Crippen molar-refractivity contribution in [3.8, 4) is 5.75 Å². The van der Waals surface area contributed by atoms with Crippen molar-refractivity contribution in [2.24, 2.45) is 0 Å². The Kier molecular flexibility index (Phi) is 5.98. The predicted molar refractivity (Wildman–Crippen MR) is 94.4 cm³/mol. The fraction of sp³-hybridized carbons (Fsp3) is 0.250. The monoisotopic (exact) mass is 309 g/mol. The fourth-order valence-electron chi connectivity index (χ4n) is 2.33. The van der Waals surface area contributed by atoms with E-state index in [1.54, 1.807) is 19.3 Å². The molecule has 1 atom stereocenters. The Balaban J connectivity index is 1.98. The van der Waals surface area contributed by atoms with Gasteiger partial charge in [-0.15, -0.1) is 0 Å². The quantitative estimate of drug-likeness (QED) is 0.809. The van der Waals surface area contributed by atoms with E-state index in [9.17, 15) is 4.79 Å². The highest BCUT2D eigenvalue weighted by molar-refractivity contribution is 5.92. The largest absolute Gasteiger partial charge is 0.497 e. The first kappa shape index (κ1) is 16.8. The second-order valence-corrected chi connectivity index (χ2v) is 5.49. The van der Waals surface area contributed by atoms with Gasteiger partial charge in [-0.1, -0.05) is 48.9 Å². The summed E-state index contributed by atoms with van der Waals surface area (Å²) in [5.41, 5.74) is 3.31. The van der Waals surface area contributed by atoms with Crippen molar-refractivity contribution >= 4 is 12.0 Å². The van der Waals surface area contributed by atoms with Gasteiger partial charge in [-0.25, -0.2) is 0 Å². The molecule has 0 spiro atoms. The summed E-state index contributed by atoms with van der Waals surface area (Å²) in [6.45, 7) is 4.12. The van der Waals surface area contributed by atoms with E-state index in [1.165, 1.54) is 5.56 Å². The van der Waals surface area contributed by atoms with E-state index in [1.807, 2.05) is 24.3 Å². The number of carbonyl (C=O) groups is 1. The molecular formula is C20H23NO2. The molecule has 0 radical (unpaired) electrons. The molecule has 2 rings (SSSR count). The maximum absolute atomic E-state index is 12.1. The highest BCUT2D eigenvalue weighted by Crippen LogP contribution is 2.17. The Morgan fingerprint density at radius 3 is 2.35 bits per heavy atom. The molecule has 0 aliphatic rings. The van der Waals surface area contributed by atoms with Crippen LogP contribution in [0.2, 0.25) is 0 Å². The van der Waals surface area contributed by atoms with Crippen LogP contribution in [0.3, 0.4) is 0 Å². The topological polar surface area (TPSA) is 38.3 Å². The van der Waals surface area contributed by atoms with Gasteiger partial charge in [0, 0.05) is 6.08 Å². The molecule has 2 aromatic carbocycles. The Bertz CT molecular complexity index is 657. The van der Waals surface area contributed by atoms with Crippen molar-refractivity contribution in [3.05, 3.63) is 71.3 Å². The molecule has 1 N–H and O–H groups in total. The molecule has 1 amide bonds. The number of amides is 1. The zero-order valence-electron chi connectivity index (χ0n) is 13.9. The van der Waals surface area contributed by atoms with E-state index < -0.39 is 0 Å². The summed E-state index contributed by atoms with van der Waals surface area (Å²) >= 11 is 0. The minimum atomic E-state index is -0.0896. The second kappa shape index (κ2) is 8.18. The van der Waals surface area contributed by atoms with Gasteiger partial charge in [0.15, 0.2) is 0 Å². The van der Waals surface area contributed by atoms with Gasteiger partial charge in [-0.2, -0.15) is 0 Å². The van der Waals surface area contributed by atoms with Crippen molar-refractivity contribution < 1.29 is 9.53 Å². The van der Waals surface area contributed by atoms with E-state index in [0.29, 0.717) is 0 Å². The lowest BCUT2D eigenvalue weighted by Gasteiger charge is -2.16. The number of hydrogen-bond donors (Lipinski definition) is 1. The average Bonchev–Trinajstić information content (AvgIpc) is 2.59. The SMILES string of the molecule is CC[C@H](NC(=O)/C=C/c1ccc(OC)cc1)c1ccc(C)cc1. The molecule has 23 heavy (non-hydrogen) atoms. The number of ether oxygens (including phenoxy) is 1. The highest BCUT2D eigenvalue weighted by Gasteiger charge is 2.10. The molecule has 0 heterocycles. The zero-order valence-corrected chi connectivity index (χ0v) is 13.9. The number of methoxy groups -OCH3 is 1. The first-order valence-electron chi connectivity index (χ1n) is 7.81.